The van der Waals surface area contributed by atoms with Crippen LogP contribution in [0.2, 0.25) is 0 Å². The molecule has 0 aliphatic rings. The van der Waals surface area contributed by atoms with Gasteiger partial charge in [0.15, 0.2) is 0 Å². The number of hydrogen-bond donors (Lipinski definition) is 0. The Balaban J connectivity index is -0.0000000133. The van der Waals surface area contributed by atoms with Crippen molar-refractivity contribution in [3.8, 4) is 0 Å². The third-order valence-corrected chi connectivity index (χ3v) is 0. The third kappa shape index (κ3) is 1390. The van der Waals surface area contributed by atoms with Gasteiger partial charge in [-0.1, -0.05) is 0 Å². The zero-order chi connectivity index (χ0) is 4.50. The molecule has 0 fully saturated rings. The van der Waals surface area contributed by atoms with Crippen molar-refractivity contribution in [2.75, 3.05) is 0 Å². The molecule has 0 aromatic heterocycles. The van der Waals surface area contributed by atoms with Crippen LogP contribution in [0.1, 0.15) is 0 Å². The van der Waals surface area contributed by atoms with Crippen molar-refractivity contribution in [2.45, 2.75) is 0 Å². The summed E-state index contributed by atoms with van der Waals surface area (Å²) in [7, 11) is -5.39. The Labute approximate surface area is 61.3 Å². The van der Waals surface area contributed by atoms with Crippen molar-refractivity contribution >= 4 is 7.82 Å². The van der Waals surface area contributed by atoms with Gasteiger partial charge in [0.2, 0.25) is 0 Å². The van der Waals surface area contributed by atoms with Crippen LogP contribution in [0.3, 0.4) is 0 Å². The van der Waals surface area contributed by atoms with Crippen LogP contribution >= 0.6 is 7.82 Å². The van der Waals surface area contributed by atoms with E-state index >= 15 is 0 Å². The van der Waals surface area contributed by atoms with Crippen molar-refractivity contribution in [3.05, 3.63) is 0 Å². The first-order valence-electron chi connectivity index (χ1n) is 0.730. The van der Waals surface area contributed by atoms with E-state index in [9.17, 15) is 0 Å². The van der Waals surface area contributed by atoms with E-state index in [0.29, 0.717) is 0 Å². The fourth-order valence-corrected chi connectivity index (χ4v) is 0. The molecule has 0 saturated carbocycles. The molecule has 6 N–H and O–H groups in total. The molecule has 9 heteroatoms. The molecule has 0 radical (unpaired) electrons. The van der Waals surface area contributed by atoms with Crippen LogP contribution in [0.5, 0.6) is 0 Å². The zero-order valence-electron chi connectivity index (χ0n) is 3.88. The molecule has 0 bridgehead atoms. The molecule has 0 spiro atoms. The van der Waals surface area contributed by atoms with Gasteiger partial charge in [0.05, 0.1) is 0 Å². The van der Waals surface area contributed by atoms with Gasteiger partial charge >= 0.3 is 17.1 Å². The maximum absolute atomic E-state index is 8.55. The molecule has 0 unspecified atom stereocenters. The first-order chi connectivity index (χ1) is 2.00. The summed E-state index contributed by atoms with van der Waals surface area (Å²) in [5, 5.41) is 0. The van der Waals surface area contributed by atoms with Gasteiger partial charge in [0, 0.05) is 0 Å². The van der Waals surface area contributed by atoms with Crippen molar-refractivity contribution in [2.24, 2.45) is 0 Å². The van der Waals surface area contributed by atoms with Crippen LogP contribution in [0, 0.1) is 0 Å². The molecule has 7 nitrogen and oxygen atoms in total. The van der Waals surface area contributed by atoms with Gasteiger partial charge < -0.3 is 35.7 Å². The summed E-state index contributed by atoms with van der Waals surface area (Å²) in [5.41, 5.74) is 0. The van der Waals surface area contributed by atoms with Gasteiger partial charge in [-0.15, -0.1) is 0 Å². The molecule has 0 amide bonds. The second-order valence-corrected chi connectivity index (χ2v) is 1.34. The van der Waals surface area contributed by atoms with E-state index in [1.54, 1.807) is 0 Å². The normalized spacial score (nSPS) is 6.56. The predicted octanol–water partition coefficient (Wildman–Crippen LogP) is -5.30. The van der Waals surface area contributed by atoms with E-state index in [2.05, 4.69) is 0 Å². The van der Waals surface area contributed by atoms with E-state index in [4.69, 9.17) is 19.2 Å². The fourth-order valence-electron chi connectivity index (χ4n) is 0. The predicted molar refractivity (Wildman–Crippen MR) is 18.4 cm³/mol. The van der Waals surface area contributed by atoms with Gasteiger partial charge in [-0.05, 0) is 0 Å². The van der Waals surface area contributed by atoms with Crippen molar-refractivity contribution in [1.82, 2.24) is 0 Å². The third-order valence-electron chi connectivity index (χ3n) is 0. The second-order valence-electron chi connectivity index (χ2n) is 0.447. The second kappa shape index (κ2) is 11.3. The monoisotopic (exact) mass is 212 g/mol. The van der Waals surface area contributed by atoms with Crippen LogP contribution in [-0.2, 0) is 21.6 Å². The van der Waals surface area contributed by atoms with E-state index in [0.717, 1.165) is 0 Å². The summed E-state index contributed by atoms with van der Waals surface area (Å²) in [6.07, 6.45) is 0. The minimum atomic E-state index is -5.39. The molecule has 0 saturated heterocycles. The van der Waals surface area contributed by atoms with Crippen molar-refractivity contribution in [1.29, 1.82) is 0 Å². The first-order valence-corrected chi connectivity index (χ1v) is 2.19. The Kier molecular flexibility index (Phi) is 42.6. The summed E-state index contributed by atoms with van der Waals surface area (Å²) in [6.45, 7) is 0. The molecule has 0 aromatic rings. The molecular formula is H6CuO7P. The summed E-state index contributed by atoms with van der Waals surface area (Å²) in [5.74, 6) is 0. The van der Waals surface area contributed by atoms with E-state index < -0.39 is 7.82 Å². The van der Waals surface area contributed by atoms with Gasteiger partial charge in [-0.3, -0.25) is 0 Å². The van der Waals surface area contributed by atoms with Crippen LogP contribution in [-0.4, -0.2) is 16.4 Å². The average molecular weight is 213 g/mol. The molecular weight excluding hydrogens is 207 g/mol. The SMILES string of the molecule is O.O.O.O=P([O-])([O-])[O-].[Cu+3]. The first kappa shape index (κ1) is 33.9. The van der Waals surface area contributed by atoms with Gasteiger partial charge in [0.1, 0.15) is 0 Å². The van der Waals surface area contributed by atoms with Crippen LogP contribution < -0.4 is 14.7 Å². The quantitative estimate of drug-likeness (QED) is 0.287. The zero-order valence-corrected chi connectivity index (χ0v) is 5.72. The van der Waals surface area contributed by atoms with E-state index in [-0.39, 0.29) is 33.5 Å². The topological polar surface area (TPSA) is 181 Å². The van der Waals surface area contributed by atoms with E-state index in [1.807, 2.05) is 0 Å². The van der Waals surface area contributed by atoms with Crippen molar-refractivity contribution < 1.29 is 52.7 Å². The Morgan fingerprint density at radius 1 is 0.889 bits per heavy atom. The maximum Gasteiger partial charge on any atom is 3.00 e. The minimum absolute atomic E-state index is 0. The Morgan fingerprint density at radius 3 is 0.889 bits per heavy atom. The van der Waals surface area contributed by atoms with Crippen molar-refractivity contribution in [3.63, 3.8) is 0 Å². The van der Waals surface area contributed by atoms with E-state index in [1.165, 1.54) is 0 Å². The summed E-state index contributed by atoms with van der Waals surface area (Å²) in [4.78, 5) is 25.6. The Bertz CT molecular complexity index is 55.1. The average Bonchev–Trinajstić information content (AvgIpc) is 0.722. The van der Waals surface area contributed by atoms with Crippen LogP contribution in [0.4, 0.5) is 0 Å². The Hall–Kier alpha value is 0.509. The minimum Gasteiger partial charge on any atom is -0.822 e. The van der Waals surface area contributed by atoms with Gasteiger partial charge in [-0.25, -0.2) is 0 Å². The Morgan fingerprint density at radius 2 is 0.889 bits per heavy atom. The molecule has 9 heavy (non-hydrogen) atoms. The molecule has 0 aliphatic carbocycles. The molecule has 64 valence electrons. The maximum atomic E-state index is 8.55. The molecule has 0 atom stereocenters. The number of phosphoric acid groups is 1. The number of hydrogen-bond acceptors (Lipinski definition) is 4. The molecule has 0 rings (SSSR count). The standard InChI is InChI=1S/Cu.H3O4P.3H2O/c;1-5(2,3)4;;;/h;(H3,1,2,3,4);3*1H2/q+3;;;;/p-3. The van der Waals surface area contributed by atoms with Gasteiger partial charge in [-0.2, -0.15) is 7.82 Å². The van der Waals surface area contributed by atoms with Crippen LogP contribution in [0.15, 0.2) is 0 Å². The largest absolute Gasteiger partial charge is 3.00 e. The summed E-state index contributed by atoms with van der Waals surface area (Å²) >= 11 is 0. The summed E-state index contributed by atoms with van der Waals surface area (Å²) in [6, 6.07) is 0. The molecule has 0 aliphatic heterocycles. The smallest absolute Gasteiger partial charge is 0.822 e. The van der Waals surface area contributed by atoms with Crippen LogP contribution in [0.25, 0.3) is 0 Å². The number of rotatable bonds is 0. The molecule has 0 heterocycles. The fraction of sp³-hybridized carbons (Fsp3) is 0. The summed E-state index contributed by atoms with van der Waals surface area (Å²) < 4.78 is 8.55. The van der Waals surface area contributed by atoms with Gasteiger partial charge in [0.25, 0.3) is 0 Å². The molecule has 0 aromatic carbocycles.